The Morgan fingerprint density at radius 1 is 0.736 bits per heavy atom. The third kappa shape index (κ3) is 6.63. The number of rotatable bonds is 8. The van der Waals surface area contributed by atoms with E-state index in [9.17, 15) is 29.3 Å². The Morgan fingerprint density at radius 2 is 1.34 bits per heavy atom. The second-order valence-electron chi connectivity index (χ2n) is 15.4. The molecule has 2 aromatic carbocycles. The number of piperidine rings is 3. The van der Waals surface area contributed by atoms with Crippen molar-refractivity contribution in [2.24, 2.45) is 0 Å². The van der Waals surface area contributed by atoms with Crippen LogP contribution < -0.4 is 19.9 Å². The lowest BCUT2D eigenvalue weighted by Crippen LogP contribution is -2.62. The van der Waals surface area contributed by atoms with Crippen LogP contribution >= 0.6 is 0 Å². The molecule has 0 spiro atoms. The summed E-state index contributed by atoms with van der Waals surface area (Å²) in [4.78, 5) is 75.0. The van der Waals surface area contributed by atoms with Gasteiger partial charge in [0.25, 0.3) is 11.8 Å². The molecular formula is C38H48N8O7. The van der Waals surface area contributed by atoms with Crippen LogP contribution in [0.2, 0.25) is 0 Å². The van der Waals surface area contributed by atoms with E-state index in [4.69, 9.17) is 4.74 Å². The number of nitro benzene ring substituents is 1. The maximum absolute atomic E-state index is 13.3. The van der Waals surface area contributed by atoms with Crippen molar-refractivity contribution in [3.05, 3.63) is 57.1 Å². The van der Waals surface area contributed by atoms with E-state index in [1.54, 1.807) is 18.2 Å². The van der Waals surface area contributed by atoms with Gasteiger partial charge in [-0.1, -0.05) is 0 Å². The fourth-order valence-electron chi connectivity index (χ4n) is 9.42. The Hall–Kier alpha value is -4.60. The van der Waals surface area contributed by atoms with Crippen molar-refractivity contribution in [3.63, 3.8) is 0 Å². The minimum atomic E-state index is -0.958. The number of nitro groups is 1. The van der Waals surface area contributed by atoms with E-state index < -0.39 is 23.8 Å². The molecule has 8 rings (SSSR count). The minimum absolute atomic E-state index is 0.0107. The van der Waals surface area contributed by atoms with Gasteiger partial charge in [-0.25, -0.2) is 0 Å². The van der Waals surface area contributed by atoms with Crippen molar-refractivity contribution in [2.75, 3.05) is 82.4 Å². The maximum atomic E-state index is 13.3. The number of anilines is 2. The first-order chi connectivity index (χ1) is 25.6. The van der Waals surface area contributed by atoms with Gasteiger partial charge in [0.15, 0.2) is 5.75 Å². The fourth-order valence-corrected chi connectivity index (χ4v) is 9.42. The van der Waals surface area contributed by atoms with Crippen LogP contribution in [0.4, 0.5) is 17.1 Å². The van der Waals surface area contributed by atoms with Crippen LogP contribution in [0, 0.1) is 17.0 Å². The summed E-state index contributed by atoms with van der Waals surface area (Å²) in [6.45, 7) is 12.1. The standard InChI is InChI=1S/C38H48N8O7/c1-24-19-33(46(51)52)34(53-2)21-32(24)43-13-9-26(10-14-43)42-17-15-41(16-18-42)25-7-11-40(12-8-25)28-22-44(23-28)27-3-4-29-30(20-27)38(50)45(37(29)49)31-5-6-35(47)39-36(31)48/h3-4,19-21,25-26,28,31H,5-18,22-23H2,1-2H3,(H,39,47,48). The first-order valence-electron chi connectivity index (χ1n) is 19.0. The predicted molar refractivity (Wildman–Crippen MR) is 196 cm³/mol. The first-order valence-corrected chi connectivity index (χ1v) is 19.0. The van der Waals surface area contributed by atoms with E-state index in [0.717, 1.165) is 100 Å². The maximum Gasteiger partial charge on any atom is 0.311 e. The number of methoxy groups -OCH3 is 1. The van der Waals surface area contributed by atoms with E-state index in [1.807, 2.05) is 19.1 Å². The second-order valence-corrected chi connectivity index (χ2v) is 15.4. The lowest BCUT2D eigenvalue weighted by atomic mass is 9.96. The third-order valence-electron chi connectivity index (χ3n) is 12.5. The van der Waals surface area contributed by atoms with Crippen LogP contribution in [-0.2, 0) is 9.59 Å². The molecule has 0 saturated carbocycles. The topological polar surface area (TPSA) is 152 Å². The molecule has 2 aromatic rings. The number of benzene rings is 2. The van der Waals surface area contributed by atoms with Gasteiger partial charge in [0.05, 0.1) is 23.2 Å². The van der Waals surface area contributed by atoms with Gasteiger partial charge in [0.2, 0.25) is 11.8 Å². The molecule has 0 aliphatic carbocycles. The highest BCUT2D eigenvalue weighted by Gasteiger charge is 2.45. The molecule has 1 unspecified atom stereocenters. The van der Waals surface area contributed by atoms with Gasteiger partial charge < -0.3 is 14.5 Å². The lowest BCUT2D eigenvalue weighted by molar-refractivity contribution is -0.385. The number of hydrogen-bond donors (Lipinski definition) is 1. The number of fused-ring (bicyclic) bond motifs is 1. The molecule has 0 aromatic heterocycles. The number of piperazine rings is 1. The Kier molecular flexibility index (Phi) is 9.58. The quantitative estimate of drug-likeness (QED) is 0.241. The summed E-state index contributed by atoms with van der Waals surface area (Å²) in [5.41, 5.74) is 3.48. The zero-order valence-electron chi connectivity index (χ0n) is 30.5. The molecule has 6 heterocycles. The van der Waals surface area contributed by atoms with Gasteiger partial charge in [-0.3, -0.25) is 54.2 Å². The van der Waals surface area contributed by atoms with Crippen LogP contribution in [0.3, 0.4) is 0 Å². The van der Waals surface area contributed by atoms with E-state index in [-0.39, 0.29) is 29.4 Å². The van der Waals surface area contributed by atoms with Crippen LogP contribution in [0.1, 0.15) is 64.8 Å². The number of hydrogen-bond acceptors (Lipinski definition) is 12. The zero-order chi connectivity index (χ0) is 37.0. The predicted octanol–water partition coefficient (Wildman–Crippen LogP) is 2.25. The lowest BCUT2D eigenvalue weighted by Gasteiger charge is -2.50. The van der Waals surface area contributed by atoms with Crippen molar-refractivity contribution >= 4 is 40.7 Å². The number of likely N-dealkylation sites (tertiary alicyclic amines) is 1. The fraction of sp³-hybridized carbons (Fsp3) is 0.579. The zero-order valence-corrected chi connectivity index (χ0v) is 30.5. The first kappa shape index (κ1) is 35.4. The highest BCUT2D eigenvalue weighted by molar-refractivity contribution is 6.23. The monoisotopic (exact) mass is 728 g/mol. The minimum Gasteiger partial charge on any atom is -0.490 e. The van der Waals surface area contributed by atoms with Crippen molar-refractivity contribution in [1.29, 1.82) is 0 Å². The largest absolute Gasteiger partial charge is 0.490 e. The molecule has 282 valence electrons. The van der Waals surface area contributed by atoms with Gasteiger partial charge in [-0.05, 0) is 62.8 Å². The number of carbonyl (C=O) groups is 4. The Bertz CT molecular complexity index is 1810. The van der Waals surface area contributed by atoms with E-state index in [2.05, 4.69) is 29.8 Å². The summed E-state index contributed by atoms with van der Waals surface area (Å²) in [6, 6.07) is 9.48. The normalized spacial score (nSPS) is 24.4. The molecule has 5 saturated heterocycles. The number of carbonyl (C=O) groups excluding carboxylic acids is 4. The summed E-state index contributed by atoms with van der Waals surface area (Å²) in [6.07, 6.45) is 4.74. The molecule has 1 atom stereocenters. The number of amides is 4. The smallest absolute Gasteiger partial charge is 0.311 e. The third-order valence-corrected chi connectivity index (χ3v) is 12.5. The Balaban J connectivity index is 0.773. The van der Waals surface area contributed by atoms with Crippen LogP contribution in [-0.4, -0.2) is 145 Å². The molecule has 6 aliphatic heterocycles. The molecular weight excluding hydrogens is 680 g/mol. The summed E-state index contributed by atoms with van der Waals surface area (Å²) in [5, 5.41) is 13.7. The van der Waals surface area contributed by atoms with Crippen LogP contribution in [0.25, 0.3) is 0 Å². The average Bonchev–Trinajstić information content (AvgIpc) is 3.39. The van der Waals surface area contributed by atoms with Gasteiger partial charge in [0.1, 0.15) is 6.04 Å². The van der Waals surface area contributed by atoms with Gasteiger partial charge in [-0.15, -0.1) is 0 Å². The molecule has 1 N–H and O–H groups in total. The number of nitrogens with one attached hydrogen (secondary N) is 1. The number of nitrogens with zero attached hydrogens (tertiary/aromatic N) is 7. The second kappa shape index (κ2) is 14.3. The molecule has 5 fully saturated rings. The highest BCUT2D eigenvalue weighted by atomic mass is 16.6. The summed E-state index contributed by atoms with van der Waals surface area (Å²) in [7, 11) is 1.48. The van der Waals surface area contributed by atoms with Crippen molar-refractivity contribution in [1.82, 2.24) is 24.9 Å². The molecule has 15 heteroatoms. The van der Waals surface area contributed by atoms with Crippen LogP contribution in [0.15, 0.2) is 30.3 Å². The molecule has 0 bridgehead atoms. The summed E-state index contributed by atoms with van der Waals surface area (Å²) in [5.74, 6) is -1.62. The number of imide groups is 2. The summed E-state index contributed by atoms with van der Waals surface area (Å²) < 4.78 is 5.34. The molecule has 15 nitrogen and oxygen atoms in total. The molecule has 0 radical (unpaired) electrons. The molecule has 6 aliphatic rings. The summed E-state index contributed by atoms with van der Waals surface area (Å²) >= 11 is 0. The number of ether oxygens (including phenoxy) is 1. The van der Waals surface area contributed by atoms with Gasteiger partial charge in [-0.2, -0.15) is 0 Å². The average molecular weight is 729 g/mol. The SMILES string of the molecule is COc1cc(N2CCC(N3CCN(C4CCN(C5CN(c6ccc7c(c6)C(=O)N(C6CCC(=O)NC6=O)C7=O)C5)CC4)CC3)CC2)c(C)cc1[N+](=O)[O-]. The highest BCUT2D eigenvalue weighted by Crippen LogP contribution is 2.37. The molecule has 53 heavy (non-hydrogen) atoms. The molecule has 4 amide bonds. The van der Waals surface area contributed by atoms with Crippen LogP contribution in [0.5, 0.6) is 5.75 Å². The van der Waals surface area contributed by atoms with Gasteiger partial charge in [0, 0.05) is 114 Å². The Morgan fingerprint density at radius 3 is 1.94 bits per heavy atom. The van der Waals surface area contributed by atoms with Crippen molar-refractivity contribution in [2.45, 2.75) is 69.6 Å². The number of aryl methyl sites for hydroxylation is 1. The Labute approximate surface area is 308 Å². The van der Waals surface area contributed by atoms with E-state index in [0.29, 0.717) is 35.0 Å². The van der Waals surface area contributed by atoms with E-state index in [1.165, 1.54) is 20.0 Å². The van der Waals surface area contributed by atoms with Crippen molar-refractivity contribution in [3.8, 4) is 5.75 Å². The van der Waals surface area contributed by atoms with Gasteiger partial charge >= 0.3 is 5.69 Å². The van der Waals surface area contributed by atoms with E-state index >= 15 is 0 Å². The van der Waals surface area contributed by atoms with Crippen molar-refractivity contribution < 1.29 is 28.8 Å².